The van der Waals surface area contributed by atoms with Crippen LogP contribution in [0.1, 0.15) is 50.5 Å². The largest absolute Gasteiger partial charge is 0.481 e. The van der Waals surface area contributed by atoms with Crippen LogP contribution in [-0.4, -0.2) is 40.6 Å². The lowest BCUT2D eigenvalue weighted by Gasteiger charge is -2.28. The Labute approximate surface area is 159 Å². The number of cyclic esters (lactones) is 1. The molecule has 146 valence electrons. The van der Waals surface area contributed by atoms with Crippen molar-refractivity contribution in [2.75, 3.05) is 6.61 Å². The minimum Gasteiger partial charge on any atom is -0.481 e. The fourth-order valence-electron chi connectivity index (χ4n) is 4.27. The zero-order chi connectivity index (χ0) is 19.2. The average molecular weight is 373 g/mol. The number of benzene rings is 1. The number of carbonyl (C=O) groups is 3. The van der Waals surface area contributed by atoms with Crippen molar-refractivity contribution in [3.63, 3.8) is 0 Å². The normalized spacial score (nSPS) is 21.7. The van der Waals surface area contributed by atoms with Crippen LogP contribution < -0.4 is 0 Å². The fourth-order valence-corrected chi connectivity index (χ4v) is 4.27. The SMILES string of the molecule is O=C(O)C[C@H](CC1CCCCC1)C(=O)N1C(=O)OC[C@H]1Cc1ccccc1. The minimum absolute atomic E-state index is 0.155. The summed E-state index contributed by atoms with van der Waals surface area (Å²) in [6, 6.07) is 9.25. The van der Waals surface area contributed by atoms with E-state index in [-0.39, 0.29) is 19.1 Å². The maximum Gasteiger partial charge on any atom is 0.416 e. The van der Waals surface area contributed by atoms with Crippen molar-refractivity contribution in [2.24, 2.45) is 11.8 Å². The number of carbonyl (C=O) groups excluding carboxylic acids is 2. The van der Waals surface area contributed by atoms with Gasteiger partial charge in [0.2, 0.25) is 5.91 Å². The van der Waals surface area contributed by atoms with E-state index in [9.17, 15) is 19.5 Å². The molecule has 0 bridgehead atoms. The van der Waals surface area contributed by atoms with Crippen LogP contribution >= 0.6 is 0 Å². The third kappa shape index (κ3) is 5.08. The first kappa shape index (κ1) is 19.4. The van der Waals surface area contributed by atoms with Gasteiger partial charge in [-0.05, 0) is 24.3 Å². The molecule has 1 N–H and O–H groups in total. The van der Waals surface area contributed by atoms with Gasteiger partial charge in [-0.15, -0.1) is 0 Å². The van der Waals surface area contributed by atoms with Crippen molar-refractivity contribution >= 4 is 18.0 Å². The third-order valence-electron chi connectivity index (χ3n) is 5.63. The number of rotatable bonds is 7. The maximum absolute atomic E-state index is 13.1. The van der Waals surface area contributed by atoms with E-state index in [0.29, 0.717) is 18.8 Å². The van der Waals surface area contributed by atoms with Crippen molar-refractivity contribution in [1.29, 1.82) is 0 Å². The van der Waals surface area contributed by atoms with E-state index < -0.39 is 23.9 Å². The predicted molar refractivity (Wildman–Crippen MR) is 99.1 cm³/mol. The van der Waals surface area contributed by atoms with Gasteiger partial charge in [0.25, 0.3) is 0 Å². The van der Waals surface area contributed by atoms with Gasteiger partial charge >= 0.3 is 12.1 Å². The summed E-state index contributed by atoms with van der Waals surface area (Å²) in [5.41, 5.74) is 1.01. The first-order chi connectivity index (χ1) is 13.0. The molecule has 1 heterocycles. The third-order valence-corrected chi connectivity index (χ3v) is 5.63. The highest BCUT2D eigenvalue weighted by molar-refractivity contribution is 5.96. The van der Waals surface area contributed by atoms with Crippen molar-refractivity contribution in [3.05, 3.63) is 35.9 Å². The summed E-state index contributed by atoms with van der Waals surface area (Å²) in [6.45, 7) is 0.155. The van der Waals surface area contributed by atoms with Gasteiger partial charge in [0.1, 0.15) is 6.61 Å². The van der Waals surface area contributed by atoms with Crippen LogP contribution in [0.15, 0.2) is 30.3 Å². The number of hydrogen-bond donors (Lipinski definition) is 1. The van der Waals surface area contributed by atoms with E-state index >= 15 is 0 Å². The molecule has 2 amide bonds. The van der Waals surface area contributed by atoms with Gasteiger partial charge in [-0.3, -0.25) is 9.59 Å². The number of imide groups is 1. The first-order valence-corrected chi connectivity index (χ1v) is 9.80. The van der Waals surface area contributed by atoms with Crippen molar-refractivity contribution in [3.8, 4) is 0 Å². The molecule has 1 aliphatic carbocycles. The molecule has 1 aliphatic heterocycles. The summed E-state index contributed by atoms with van der Waals surface area (Å²) in [5.74, 6) is -1.71. The zero-order valence-electron chi connectivity index (χ0n) is 15.5. The predicted octanol–water partition coefficient (Wildman–Crippen LogP) is 3.64. The molecule has 0 spiro atoms. The Hall–Kier alpha value is -2.37. The standard InChI is InChI=1S/C21H27NO5/c23-19(24)13-17(11-15-7-3-1-4-8-15)20(25)22-18(14-27-21(22)26)12-16-9-5-2-6-10-16/h2,5-6,9-10,15,17-18H,1,3-4,7-8,11-14H2,(H,23,24)/t17-,18+/m0/s1. The maximum atomic E-state index is 13.1. The second kappa shape index (κ2) is 9.02. The van der Waals surface area contributed by atoms with Gasteiger partial charge in [0, 0.05) is 5.92 Å². The van der Waals surface area contributed by atoms with Crippen molar-refractivity contribution in [1.82, 2.24) is 4.90 Å². The Morgan fingerprint density at radius 2 is 1.85 bits per heavy atom. The molecule has 1 aromatic carbocycles. The summed E-state index contributed by atoms with van der Waals surface area (Å²) in [5, 5.41) is 9.29. The molecule has 6 nitrogen and oxygen atoms in total. The van der Waals surface area contributed by atoms with E-state index in [1.807, 2.05) is 30.3 Å². The Kier molecular flexibility index (Phi) is 6.48. The Balaban J connectivity index is 1.72. The van der Waals surface area contributed by atoms with Crippen LogP contribution in [0, 0.1) is 11.8 Å². The van der Waals surface area contributed by atoms with Gasteiger partial charge in [0.05, 0.1) is 12.5 Å². The molecule has 27 heavy (non-hydrogen) atoms. The molecular formula is C21H27NO5. The molecule has 1 aromatic rings. The number of carboxylic acids is 1. The van der Waals surface area contributed by atoms with E-state index in [4.69, 9.17) is 4.74 Å². The lowest BCUT2D eigenvalue weighted by atomic mass is 9.81. The average Bonchev–Trinajstić information content (AvgIpc) is 3.02. The molecule has 3 rings (SSSR count). The highest BCUT2D eigenvalue weighted by atomic mass is 16.6. The number of nitrogens with zero attached hydrogens (tertiary/aromatic N) is 1. The van der Waals surface area contributed by atoms with Crippen molar-refractivity contribution in [2.45, 2.75) is 57.4 Å². The van der Waals surface area contributed by atoms with Crippen molar-refractivity contribution < 1.29 is 24.2 Å². The number of hydrogen-bond acceptors (Lipinski definition) is 4. The first-order valence-electron chi connectivity index (χ1n) is 9.80. The molecule has 2 atom stereocenters. The summed E-state index contributed by atoms with van der Waals surface area (Å²) >= 11 is 0. The molecule has 0 radical (unpaired) electrons. The minimum atomic E-state index is -1.00. The number of aliphatic carboxylic acids is 1. The summed E-state index contributed by atoms with van der Waals surface area (Å²) in [7, 11) is 0. The monoisotopic (exact) mass is 373 g/mol. The van der Waals surface area contributed by atoms with Crippen LogP contribution in [0.3, 0.4) is 0 Å². The molecule has 2 aliphatic rings. The molecule has 0 aromatic heterocycles. The lowest BCUT2D eigenvalue weighted by molar-refractivity contribution is -0.144. The van der Waals surface area contributed by atoms with Crippen LogP contribution in [0.4, 0.5) is 4.79 Å². The van der Waals surface area contributed by atoms with Gasteiger partial charge in [-0.1, -0.05) is 62.4 Å². The fraction of sp³-hybridized carbons (Fsp3) is 0.571. The number of ether oxygens (including phenoxy) is 1. The summed E-state index contributed by atoms with van der Waals surface area (Å²) in [4.78, 5) is 37.9. The summed E-state index contributed by atoms with van der Waals surface area (Å²) in [6.07, 6.45) is 5.67. The van der Waals surface area contributed by atoms with Gasteiger partial charge in [-0.25, -0.2) is 9.69 Å². The topological polar surface area (TPSA) is 83.9 Å². The van der Waals surface area contributed by atoms with E-state index in [1.54, 1.807) is 0 Å². The molecular weight excluding hydrogens is 346 g/mol. The Morgan fingerprint density at radius 3 is 2.52 bits per heavy atom. The number of amides is 2. The lowest BCUT2D eigenvalue weighted by Crippen LogP contribution is -2.44. The van der Waals surface area contributed by atoms with Crippen LogP contribution in [-0.2, 0) is 20.7 Å². The molecule has 0 unspecified atom stereocenters. The van der Waals surface area contributed by atoms with Gasteiger partial charge in [0.15, 0.2) is 0 Å². The second-order valence-electron chi connectivity index (χ2n) is 7.66. The number of carboxylic acid groups (broad SMARTS) is 1. The van der Waals surface area contributed by atoms with Crippen LogP contribution in [0.5, 0.6) is 0 Å². The second-order valence-corrected chi connectivity index (χ2v) is 7.66. The van der Waals surface area contributed by atoms with Crippen LogP contribution in [0.2, 0.25) is 0 Å². The Bertz CT molecular complexity index is 668. The quantitative estimate of drug-likeness (QED) is 0.789. The van der Waals surface area contributed by atoms with E-state index in [0.717, 1.165) is 31.2 Å². The molecule has 1 saturated carbocycles. The zero-order valence-corrected chi connectivity index (χ0v) is 15.5. The van der Waals surface area contributed by atoms with E-state index in [2.05, 4.69) is 0 Å². The van der Waals surface area contributed by atoms with Gasteiger partial charge in [-0.2, -0.15) is 0 Å². The van der Waals surface area contributed by atoms with Gasteiger partial charge < -0.3 is 9.84 Å². The highest BCUT2D eigenvalue weighted by Crippen LogP contribution is 2.32. The summed E-state index contributed by atoms with van der Waals surface area (Å²) < 4.78 is 5.14. The highest BCUT2D eigenvalue weighted by Gasteiger charge is 2.41. The Morgan fingerprint density at radius 1 is 1.15 bits per heavy atom. The van der Waals surface area contributed by atoms with E-state index in [1.165, 1.54) is 11.3 Å². The smallest absolute Gasteiger partial charge is 0.416 e. The van der Waals surface area contributed by atoms with Crippen LogP contribution in [0.25, 0.3) is 0 Å². The molecule has 1 saturated heterocycles. The molecule has 6 heteroatoms. The molecule has 2 fully saturated rings.